The minimum Gasteiger partial charge on any atom is -0.297 e. The molecule has 2 aromatic rings. The smallest absolute Gasteiger partial charge is 0.110 e. The Bertz CT molecular complexity index is 795. The van der Waals surface area contributed by atoms with E-state index < -0.39 is 0 Å². The Balaban J connectivity index is 3.08. The number of rotatable bonds is 6. The van der Waals surface area contributed by atoms with E-state index in [1.165, 1.54) is 33.6 Å². The number of benzene rings is 2. The first-order valence-electron chi connectivity index (χ1n) is 11.9. The fourth-order valence-electron chi connectivity index (χ4n) is 4.21. The molecule has 0 saturated carbocycles. The number of amidine groups is 1. The van der Waals surface area contributed by atoms with E-state index in [4.69, 9.17) is 0 Å². The van der Waals surface area contributed by atoms with E-state index >= 15 is 0 Å². The first kappa shape index (κ1) is 25.2. The van der Waals surface area contributed by atoms with Crippen molar-refractivity contribution in [3.8, 4) is 0 Å². The summed E-state index contributed by atoms with van der Waals surface area (Å²) in [5, 5.41) is 9.45. The zero-order valence-electron chi connectivity index (χ0n) is 21.7. The molecule has 0 aliphatic rings. The van der Waals surface area contributed by atoms with E-state index in [1.54, 1.807) is 0 Å². The minimum absolute atomic E-state index is 0.281. The highest BCUT2D eigenvalue weighted by Crippen LogP contribution is 2.46. The topological polar surface area (TPSA) is 27.1 Å². The number of nitrogens with one attached hydrogen (secondary N) is 1. The molecule has 31 heavy (non-hydrogen) atoms. The Kier molecular flexibility index (Phi) is 7.79. The van der Waals surface area contributed by atoms with Gasteiger partial charge in [0.1, 0.15) is 5.84 Å². The normalized spacial score (nSPS) is 12.4. The lowest BCUT2D eigenvalue weighted by Gasteiger charge is -2.39. The molecule has 0 heterocycles. The van der Waals surface area contributed by atoms with Gasteiger partial charge in [0, 0.05) is 5.41 Å². The van der Waals surface area contributed by atoms with Crippen molar-refractivity contribution in [1.82, 2.24) is 0 Å². The number of anilines is 2. The third-order valence-corrected chi connectivity index (χ3v) is 6.07. The van der Waals surface area contributed by atoms with Gasteiger partial charge in [-0.2, -0.15) is 0 Å². The predicted molar refractivity (Wildman–Crippen MR) is 139 cm³/mol. The average Bonchev–Trinajstić information content (AvgIpc) is 2.66. The van der Waals surface area contributed by atoms with Gasteiger partial charge < -0.3 is 0 Å². The molecule has 0 atom stereocenters. The van der Waals surface area contributed by atoms with Crippen LogP contribution >= 0.6 is 0 Å². The van der Waals surface area contributed by atoms with Gasteiger partial charge >= 0.3 is 0 Å². The Hall–Kier alpha value is -2.09. The van der Waals surface area contributed by atoms with Gasteiger partial charge in [-0.05, 0) is 45.9 Å². The van der Waals surface area contributed by atoms with Crippen LogP contribution < -0.4 is 4.90 Å². The second-order valence-corrected chi connectivity index (χ2v) is 11.1. The lowest BCUT2D eigenvalue weighted by molar-refractivity contribution is 0.577. The second-order valence-electron chi connectivity index (χ2n) is 11.1. The van der Waals surface area contributed by atoms with E-state index in [0.717, 1.165) is 0 Å². The van der Waals surface area contributed by atoms with Gasteiger partial charge in [0.2, 0.25) is 0 Å². The van der Waals surface area contributed by atoms with Crippen molar-refractivity contribution in [2.24, 2.45) is 5.41 Å². The maximum absolute atomic E-state index is 9.45. The Morgan fingerprint density at radius 2 is 0.871 bits per heavy atom. The average molecular weight is 421 g/mol. The third kappa shape index (κ3) is 5.22. The SMILES string of the molecule is CC(C)c1cccc(C(C)C)c1N(C(=N)C(C)(C)C)c1c(C(C)C)cccc1C(C)C. The van der Waals surface area contributed by atoms with Gasteiger partial charge in [0.15, 0.2) is 0 Å². The van der Waals surface area contributed by atoms with Crippen LogP contribution in [0, 0.1) is 10.8 Å². The summed E-state index contributed by atoms with van der Waals surface area (Å²) in [4.78, 5) is 2.31. The van der Waals surface area contributed by atoms with Crippen LogP contribution in [0.2, 0.25) is 0 Å². The van der Waals surface area contributed by atoms with E-state index in [1.807, 2.05) is 0 Å². The summed E-state index contributed by atoms with van der Waals surface area (Å²) in [5.41, 5.74) is 7.39. The van der Waals surface area contributed by atoms with Crippen LogP contribution in [0.15, 0.2) is 36.4 Å². The van der Waals surface area contributed by atoms with E-state index in [0.29, 0.717) is 29.5 Å². The van der Waals surface area contributed by atoms with Gasteiger partial charge in [-0.3, -0.25) is 10.3 Å². The second kappa shape index (κ2) is 9.59. The molecule has 2 rings (SSSR count). The summed E-state index contributed by atoms with van der Waals surface area (Å²) < 4.78 is 0. The van der Waals surface area contributed by atoms with Crippen molar-refractivity contribution in [2.75, 3.05) is 4.90 Å². The number of hydrogen-bond donors (Lipinski definition) is 1. The summed E-state index contributed by atoms with van der Waals surface area (Å²) >= 11 is 0. The van der Waals surface area contributed by atoms with Crippen LogP contribution in [-0.2, 0) is 0 Å². The highest BCUT2D eigenvalue weighted by molar-refractivity contribution is 6.07. The fourth-order valence-corrected chi connectivity index (χ4v) is 4.21. The molecule has 0 radical (unpaired) electrons. The predicted octanol–water partition coefficient (Wildman–Crippen LogP) is 9.34. The molecular formula is C29H44N2. The zero-order chi connectivity index (χ0) is 23.7. The summed E-state index contributed by atoms with van der Waals surface area (Å²) in [6.07, 6.45) is 0. The Morgan fingerprint density at radius 3 is 1.06 bits per heavy atom. The molecule has 0 bridgehead atoms. The van der Waals surface area contributed by atoms with Crippen LogP contribution in [-0.4, -0.2) is 5.84 Å². The summed E-state index contributed by atoms with van der Waals surface area (Å²) in [6, 6.07) is 13.4. The number of hydrogen-bond acceptors (Lipinski definition) is 1. The van der Waals surface area contributed by atoms with Gasteiger partial charge in [0.05, 0.1) is 11.4 Å². The summed E-state index contributed by atoms with van der Waals surface area (Å²) in [6.45, 7) is 24.6. The van der Waals surface area contributed by atoms with Gasteiger partial charge in [-0.15, -0.1) is 0 Å². The van der Waals surface area contributed by atoms with E-state index in [2.05, 4.69) is 117 Å². The largest absolute Gasteiger partial charge is 0.297 e. The summed E-state index contributed by atoms with van der Waals surface area (Å²) in [5.74, 6) is 2.14. The van der Waals surface area contributed by atoms with Crippen molar-refractivity contribution in [2.45, 2.75) is 99.8 Å². The number of nitrogens with zero attached hydrogens (tertiary/aromatic N) is 1. The van der Waals surface area contributed by atoms with Crippen molar-refractivity contribution in [1.29, 1.82) is 5.41 Å². The van der Waals surface area contributed by atoms with Crippen molar-refractivity contribution >= 4 is 17.2 Å². The lowest BCUT2D eigenvalue weighted by atomic mass is 9.85. The van der Waals surface area contributed by atoms with Crippen LogP contribution in [0.1, 0.15) is 122 Å². The molecule has 2 aromatic carbocycles. The van der Waals surface area contributed by atoms with Gasteiger partial charge in [-0.25, -0.2) is 0 Å². The van der Waals surface area contributed by atoms with Gasteiger partial charge in [-0.1, -0.05) is 113 Å². The molecule has 0 saturated heterocycles. The highest BCUT2D eigenvalue weighted by atomic mass is 15.2. The monoisotopic (exact) mass is 420 g/mol. The molecule has 1 N–H and O–H groups in total. The molecule has 0 fully saturated rings. The minimum atomic E-state index is -0.281. The molecule has 0 unspecified atom stereocenters. The quantitative estimate of drug-likeness (QED) is 0.366. The lowest BCUT2D eigenvalue weighted by Crippen LogP contribution is -2.38. The van der Waals surface area contributed by atoms with Crippen molar-refractivity contribution < 1.29 is 0 Å². The first-order chi connectivity index (χ1) is 14.3. The molecule has 0 spiro atoms. The maximum atomic E-state index is 9.45. The molecule has 170 valence electrons. The van der Waals surface area contributed by atoms with E-state index in [-0.39, 0.29) is 5.41 Å². The van der Waals surface area contributed by atoms with E-state index in [9.17, 15) is 5.41 Å². The standard InChI is InChI=1S/C29H44N2/c1-18(2)22-14-12-15-23(19(3)4)26(22)31(28(30)29(9,10)11)27-24(20(5)6)16-13-17-25(27)21(7)8/h12-21,30H,1-11H3. The van der Waals surface area contributed by atoms with Crippen LogP contribution in [0.25, 0.3) is 0 Å². The molecule has 0 amide bonds. The molecule has 0 aliphatic carbocycles. The first-order valence-corrected chi connectivity index (χ1v) is 11.9. The molecule has 0 aromatic heterocycles. The Morgan fingerprint density at radius 1 is 0.613 bits per heavy atom. The molecule has 2 heteroatoms. The Labute approximate surface area is 191 Å². The molecule has 2 nitrogen and oxygen atoms in total. The van der Waals surface area contributed by atoms with Gasteiger partial charge in [0.25, 0.3) is 0 Å². The van der Waals surface area contributed by atoms with Crippen LogP contribution in [0.5, 0.6) is 0 Å². The zero-order valence-corrected chi connectivity index (χ0v) is 21.7. The van der Waals surface area contributed by atoms with Crippen molar-refractivity contribution in [3.05, 3.63) is 58.7 Å². The number of para-hydroxylation sites is 2. The maximum Gasteiger partial charge on any atom is 0.110 e. The molecular weight excluding hydrogens is 376 g/mol. The van der Waals surface area contributed by atoms with Crippen LogP contribution in [0.4, 0.5) is 11.4 Å². The third-order valence-electron chi connectivity index (χ3n) is 6.07. The highest BCUT2D eigenvalue weighted by Gasteiger charge is 2.33. The van der Waals surface area contributed by atoms with Crippen molar-refractivity contribution in [3.63, 3.8) is 0 Å². The van der Waals surface area contributed by atoms with Crippen LogP contribution in [0.3, 0.4) is 0 Å². The summed E-state index contributed by atoms with van der Waals surface area (Å²) in [7, 11) is 0. The fraction of sp³-hybridized carbons (Fsp3) is 0.552. The molecule has 0 aliphatic heterocycles.